The Hall–Kier alpha value is -3.33. The highest BCUT2D eigenvalue weighted by Gasteiger charge is 2.38. The number of hydrogen-bond donors (Lipinski definition) is 1. The Labute approximate surface area is 222 Å². The molecule has 4 rings (SSSR count). The van der Waals surface area contributed by atoms with Crippen molar-refractivity contribution in [2.75, 3.05) is 19.7 Å². The molecule has 4 heterocycles. The Bertz CT molecular complexity index is 1260. The Kier molecular flexibility index (Phi) is 9.83. The van der Waals surface area contributed by atoms with Crippen molar-refractivity contribution in [3.05, 3.63) is 52.6 Å². The fourth-order valence-electron chi connectivity index (χ4n) is 3.27. The quantitative estimate of drug-likeness (QED) is 0.292. The second-order valence-corrected chi connectivity index (χ2v) is 8.87. The number of halogens is 8. The number of carbonyl (C=O) groups is 1. The Morgan fingerprint density at radius 2 is 1.90 bits per heavy atom. The van der Waals surface area contributed by atoms with Gasteiger partial charge in [-0.1, -0.05) is 11.6 Å². The highest BCUT2D eigenvalue weighted by Crippen LogP contribution is 2.35. The molecule has 0 atom stereocenters. The van der Waals surface area contributed by atoms with E-state index >= 15 is 0 Å². The van der Waals surface area contributed by atoms with Crippen LogP contribution in [0, 0.1) is 0 Å². The number of ether oxygens (including phenoxy) is 1. The van der Waals surface area contributed by atoms with Gasteiger partial charge in [-0.15, -0.1) is 0 Å². The first-order valence-electron chi connectivity index (χ1n) is 11.3. The number of rotatable bonds is 9. The summed E-state index contributed by atoms with van der Waals surface area (Å²) in [6.07, 6.45) is -5.87. The number of Topliss-reactive ketones (excluding diaryl/α,β-unsaturated/α-hetero) is 1. The van der Waals surface area contributed by atoms with Gasteiger partial charge in [0.1, 0.15) is 10.9 Å². The number of ketones is 1. The molecular formula is C23H22ClF7N6O2. The molecule has 0 bridgehead atoms. The molecule has 1 aliphatic heterocycles. The van der Waals surface area contributed by atoms with Crippen LogP contribution in [0.25, 0.3) is 11.3 Å². The maximum atomic E-state index is 13.1. The number of aromatic nitrogens is 5. The van der Waals surface area contributed by atoms with Gasteiger partial charge in [0.25, 0.3) is 12.3 Å². The minimum Gasteiger partial charge on any atom is -0.472 e. The number of hydrogen-bond acceptors (Lipinski definition) is 7. The lowest BCUT2D eigenvalue weighted by molar-refractivity contribution is -0.141. The molecule has 0 aromatic carbocycles. The zero-order valence-electron chi connectivity index (χ0n) is 20.3. The lowest BCUT2D eigenvalue weighted by atomic mass is 10.1. The summed E-state index contributed by atoms with van der Waals surface area (Å²) in [7, 11) is 1.37. The topological polar surface area (TPSA) is 94.8 Å². The highest BCUT2D eigenvalue weighted by molar-refractivity contribution is 6.29. The molecule has 1 fully saturated rings. The van der Waals surface area contributed by atoms with Crippen molar-refractivity contribution >= 4 is 17.4 Å². The van der Waals surface area contributed by atoms with Gasteiger partial charge < -0.3 is 10.1 Å². The molecule has 16 heteroatoms. The Morgan fingerprint density at radius 3 is 2.44 bits per heavy atom. The molecule has 1 saturated heterocycles. The Balaban J connectivity index is 0.000000617. The monoisotopic (exact) mass is 582 g/mol. The molecule has 39 heavy (non-hydrogen) atoms. The Morgan fingerprint density at radius 1 is 1.21 bits per heavy atom. The van der Waals surface area contributed by atoms with Crippen molar-refractivity contribution in [1.82, 2.24) is 30.3 Å². The molecule has 1 N–H and O–H groups in total. The van der Waals surface area contributed by atoms with Crippen molar-refractivity contribution in [3.63, 3.8) is 0 Å². The van der Waals surface area contributed by atoms with E-state index in [9.17, 15) is 35.5 Å². The highest BCUT2D eigenvalue weighted by atomic mass is 35.5. The third-order valence-electron chi connectivity index (χ3n) is 5.11. The summed E-state index contributed by atoms with van der Waals surface area (Å²) < 4.78 is 92.8. The van der Waals surface area contributed by atoms with Crippen LogP contribution >= 0.6 is 11.6 Å². The summed E-state index contributed by atoms with van der Waals surface area (Å²) >= 11 is 5.84. The molecule has 0 radical (unpaired) electrons. The first-order valence-corrected chi connectivity index (χ1v) is 11.7. The number of carbonyl (C=O) groups excluding carboxylic acids is 1. The molecule has 8 nitrogen and oxygen atoms in total. The zero-order chi connectivity index (χ0) is 28.8. The van der Waals surface area contributed by atoms with Crippen LogP contribution in [0.15, 0.2) is 30.5 Å². The van der Waals surface area contributed by atoms with E-state index in [-0.39, 0.29) is 60.4 Å². The summed E-state index contributed by atoms with van der Waals surface area (Å²) in [5.41, 5.74) is -0.386. The van der Waals surface area contributed by atoms with Gasteiger partial charge in [0.2, 0.25) is 5.88 Å². The van der Waals surface area contributed by atoms with Gasteiger partial charge in [0.15, 0.2) is 12.3 Å². The van der Waals surface area contributed by atoms with Crippen LogP contribution in [0.2, 0.25) is 5.15 Å². The molecule has 0 spiro atoms. The minimum absolute atomic E-state index is 0.000324. The van der Waals surface area contributed by atoms with Gasteiger partial charge in [-0.3, -0.25) is 9.48 Å². The van der Waals surface area contributed by atoms with Gasteiger partial charge in [0, 0.05) is 32.2 Å². The van der Waals surface area contributed by atoms with E-state index in [4.69, 9.17) is 16.3 Å². The molecule has 0 aliphatic carbocycles. The summed E-state index contributed by atoms with van der Waals surface area (Å²) in [5.74, 6) is -2.70. The number of pyridine rings is 1. The first kappa shape index (κ1) is 30.2. The summed E-state index contributed by atoms with van der Waals surface area (Å²) in [5, 5.41) is 13.6. The van der Waals surface area contributed by atoms with Crippen molar-refractivity contribution in [2.24, 2.45) is 7.05 Å². The van der Waals surface area contributed by atoms with Gasteiger partial charge in [0.05, 0.1) is 30.0 Å². The van der Waals surface area contributed by atoms with E-state index in [1.54, 1.807) is 0 Å². The minimum atomic E-state index is -4.64. The first-order chi connectivity index (χ1) is 18.2. The van der Waals surface area contributed by atoms with Gasteiger partial charge >= 0.3 is 6.18 Å². The normalized spacial score (nSPS) is 14.4. The van der Waals surface area contributed by atoms with E-state index in [1.165, 1.54) is 37.5 Å². The van der Waals surface area contributed by atoms with Crippen molar-refractivity contribution < 1.29 is 40.3 Å². The average molecular weight is 583 g/mol. The molecule has 212 valence electrons. The molecule has 0 unspecified atom stereocenters. The van der Waals surface area contributed by atoms with Crippen LogP contribution in [0.3, 0.4) is 0 Å². The predicted molar refractivity (Wildman–Crippen MR) is 125 cm³/mol. The molecule has 3 aromatic rings. The number of aryl methyl sites for hydroxylation is 2. The molecule has 3 aromatic heterocycles. The van der Waals surface area contributed by atoms with E-state index in [0.717, 1.165) is 4.68 Å². The number of nitrogens with one attached hydrogen (secondary N) is 1. The van der Waals surface area contributed by atoms with Crippen LogP contribution in [0.1, 0.15) is 23.4 Å². The third kappa shape index (κ3) is 9.42. The standard InChI is InChI=1S/C20H17ClF5N5O2.C3H5F2N/c1-31-9-14(19(30-31)20(24,25)26)15-5-3-12(28-29-15)2-4-13(32)6-11-7-16(21)27-18(8-11)33-10-17(22)23;4-3(5)1-6-2-3/h3,5,7-9,17H,2,4,6,10H2,1H3;6H,1-2H2. The zero-order valence-corrected chi connectivity index (χ0v) is 21.0. The van der Waals surface area contributed by atoms with Crippen LogP contribution in [0.4, 0.5) is 30.7 Å². The predicted octanol–water partition coefficient (Wildman–Crippen LogP) is 4.56. The van der Waals surface area contributed by atoms with E-state index < -0.39 is 30.8 Å². The third-order valence-corrected chi connectivity index (χ3v) is 5.30. The maximum absolute atomic E-state index is 13.1. The van der Waals surface area contributed by atoms with Gasteiger partial charge in [-0.2, -0.15) is 28.5 Å². The smallest absolute Gasteiger partial charge is 0.435 e. The lowest BCUT2D eigenvalue weighted by Gasteiger charge is -2.25. The number of nitrogens with zero attached hydrogens (tertiary/aromatic N) is 5. The van der Waals surface area contributed by atoms with Crippen LogP contribution in [-0.2, 0) is 30.9 Å². The fourth-order valence-corrected chi connectivity index (χ4v) is 3.49. The average Bonchev–Trinajstić information content (AvgIpc) is 3.23. The largest absolute Gasteiger partial charge is 0.472 e. The van der Waals surface area contributed by atoms with Crippen molar-refractivity contribution in [1.29, 1.82) is 0 Å². The van der Waals surface area contributed by atoms with Gasteiger partial charge in [-0.05, 0) is 30.2 Å². The van der Waals surface area contributed by atoms with E-state index in [2.05, 4.69) is 25.6 Å². The van der Waals surface area contributed by atoms with E-state index in [1.807, 2.05) is 0 Å². The second-order valence-electron chi connectivity index (χ2n) is 8.49. The van der Waals surface area contributed by atoms with Crippen molar-refractivity contribution in [2.45, 2.75) is 37.8 Å². The van der Waals surface area contributed by atoms with Crippen LogP contribution in [-0.4, -0.2) is 62.8 Å². The second kappa shape index (κ2) is 12.7. The molecule has 0 amide bonds. The molecular weight excluding hydrogens is 561 g/mol. The summed E-state index contributed by atoms with van der Waals surface area (Å²) in [6, 6.07) is 5.65. The SMILES string of the molecule is Cn1cc(-c2ccc(CCC(=O)Cc3cc(Cl)nc(OCC(F)F)c3)nn2)c(C(F)(F)F)n1.FC1(F)CNC1. The lowest BCUT2D eigenvalue weighted by Crippen LogP contribution is -2.52. The summed E-state index contributed by atoms with van der Waals surface area (Å²) in [6.45, 7) is -1.11. The summed E-state index contributed by atoms with van der Waals surface area (Å²) in [4.78, 5) is 16.1. The molecule has 1 aliphatic rings. The molecule has 0 saturated carbocycles. The number of alkyl halides is 7. The fraction of sp³-hybridized carbons (Fsp3) is 0.435. The van der Waals surface area contributed by atoms with Crippen LogP contribution < -0.4 is 10.1 Å². The van der Waals surface area contributed by atoms with Gasteiger partial charge in [-0.25, -0.2) is 22.5 Å². The van der Waals surface area contributed by atoms with Crippen molar-refractivity contribution in [3.8, 4) is 17.1 Å². The van der Waals surface area contributed by atoms with Crippen LogP contribution in [0.5, 0.6) is 5.88 Å². The maximum Gasteiger partial charge on any atom is 0.435 e. The van der Waals surface area contributed by atoms with E-state index in [0.29, 0.717) is 11.3 Å².